The first-order chi connectivity index (χ1) is 7.62. The predicted molar refractivity (Wildman–Crippen MR) is 70.3 cm³/mol. The number of rotatable bonds is 3. The molecule has 86 valence electrons. The predicted octanol–water partition coefficient (Wildman–Crippen LogP) is 3.74. The van der Waals surface area contributed by atoms with E-state index >= 15 is 0 Å². The Labute approximate surface area is 106 Å². The number of thioether (sulfide) groups is 1. The molecule has 1 nitrogen and oxygen atoms in total. The summed E-state index contributed by atoms with van der Waals surface area (Å²) >= 11 is 7.85. The summed E-state index contributed by atoms with van der Waals surface area (Å²) in [7, 11) is 0. The van der Waals surface area contributed by atoms with Gasteiger partial charge in [0.25, 0.3) is 0 Å². The molecule has 0 bridgehead atoms. The van der Waals surface area contributed by atoms with Crippen LogP contribution >= 0.6 is 23.4 Å². The van der Waals surface area contributed by atoms with E-state index in [4.69, 9.17) is 11.6 Å². The molecular formula is C13H15ClOS. The highest BCUT2D eigenvalue weighted by molar-refractivity contribution is 8.01. The van der Waals surface area contributed by atoms with Crippen LogP contribution in [0.4, 0.5) is 0 Å². The average molecular weight is 255 g/mol. The number of carbonyl (C=O) groups is 1. The molecule has 0 amide bonds. The average Bonchev–Trinajstić information content (AvgIpc) is 2.70. The Morgan fingerprint density at radius 3 is 2.88 bits per heavy atom. The Balaban J connectivity index is 2.10. The second-order valence-corrected chi connectivity index (χ2v) is 6.38. The van der Waals surface area contributed by atoms with Crippen molar-refractivity contribution >= 4 is 29.1 Å². The molecule has 0 aromatic heterocycles. The zero-order valence-electron chi connectivity index (χ0n) is 9.33. The largest absolute Gasteiger partial charge is 0.298 e. The first-order valence-electron chi connectivity index (χ1n) is 5.52. The summed E-state index contributed by atoms with van der Waals surface area (Å²) in [6.07, 6.45) is 2.61. The van der Waals surface area contributed by atoms with Crippen molar-refractivity contribution in [3.05, 3.63) is 34.9 Å². The Morgan fingerprint density at radius 1 is 1.50 bits per heavy atom. The lowest BCUT2D eigenvalue weighted by atomic mass is 9.95. The number of hydrogen-bond donors (Lipinski definition) is 0. The summed E-state index contributed by atoms with van der Waals surface area (Å²) in [6.45, 7) is 2.06. The molecule has 1 atom stereocenters. The lowest BCUT2D eigenvalue weighted by Crippen LogP contribution is -2.30. The van der Waals surface area contributed by atoms with Gasteiger partial charge in [-0.1, -0.05) is 29.8 Å². The van der Waals surface area contributed by atoms with Gasteiger partial charge in [-0.2, -0.15) is 0 Å². The summed E-state index contributed by atoms with van der Waals surface area (Å²) in [5, 5.41) is 0.697. The van der Waals surface area contributed by atoms with Crippen molar-refractivity contribution in [3.63, 3.8) is 0 Å². The molecule has 0 spiro atoms. The maximum atomic E-state index is 12.2. The monoisotopic (exact) mass is 254 g/mol. The van der Waals surface area contributed by atoms with Crippen LogP contribution in [0.2, 0.25) is 5.02 Å². The van der Waals surface area contributed by atoms with Crippen molar-refractivity contribution in [2.24, 2.45) is 0 Å². The van der Waals surface area contributed by atoms with E-state index in [0.29, 0.717) is 17.2 Å². The number of ketones is 1. The fourth-order valence-corrected chi connectivity index (χ4v) is 3.46. The Morgan fingerprint density at radius 2 is 2.25 bits per heavy atom. The van der Waals surface area contributed by atoms with Gasteiger partial charge in [-0.15, -0.1) is 11.8 Å². The minimum Gasteiger partial charge on any atom is -0.298 e. The van der Waals surface area contributed by atoms with E-state index < -0.39 is 0 Å². The van der Waals surface area contributed by atoms with Gasteiger partial charge < -0.3 is 0 Å². The molecule has 2 rings (SSSR count). The Hall–Kier alpha value is -0.470. The van der Waals surface area contributed by atoms with E-state index in [2.05, 4.69) is 6.92 Å². The van der Waals surface area contributed by atoms with Crippen molar-refractivity contribution < 1.29 is 4.79 Å². The maximum Gasteiger partial charge on any atom is 0.153 e. The normalized spacial score (nSPS) is 24.6. The lowest BCUT2D eigenvalue weighted by molar-refractivity contribution is -0.120. The van der Waals surface area contributed by atoms with E-state index in [9.17, 15) is 4.79 Å². The quantitative estimate of drug-likeness (QED) is 0.818. The van der Waals surface area contributed by atoms with Crippen LogP contribution in [0.15, 0.2) is 24.3 Å². The highest BCUT2D eigenvalue weighted by Gasteiger charge is 2.36. The molecule has 1 aliphatic rings. The van der Waals surface area contributed by atoms with E-state index in [0.717, 1.165) is 24.2 Å². The highest BCUT2D eigenvalue weighted by Crippen LogP contribution is 2.39. The summed E-state index contributed by atoms with van der Waals surface area (Å²) in [5.74, 6) is 1.41. The third-order valence-electron chi connectivity index (χ3n) is 3.12. The fourth-order valence-electron chi connectivity index (χ4n) is 2.00. The van der Waals surface area contributed by atoms with Gasteiger partial charge in [-0.05, 0) is 37.1 Å². The van der Waals surface area contributed by atoms with Gasteiger partial charge in [0.2, 0.25) is 0 Å². The van der Waals surface area contributed by atoms with Crippen LogP contribution in [0.25, 0.3) is 0 Å². The second kappa shape index (κ2) is 4.80. The molecule has 0 radical (unpaired) electrons. The lowest BCUT2D eigenvalue weighted by Gasteiger charge is -2.21. The van der Waals surface area contributed by atoms with Gasteiger partial charge in [-0.25, -0.2) is 0 Å². The van der Waals surface area contributed by atoms with Crippen LogP contribution in [0.1, 0.15) is 25.3 Å². The van der Waals surface area contributed by atoms with Crippen LogP contribution in [0, 0.1) is 0 Å². The number of hydrogen-bond acceptors (Lipinski definition) is 2. The SMILES string of the molecule is CC1(C(=O)Cc2ccccc2Cl)CCCS1. The molecule has 16 heavy (non-hydrogen) atoms. The second-order valence-electron chi connectivity index (χ2n) is 4.37. The van der Waals surface area contributed by atoms with Gasteiger partial charge in [0.1, 0.15) is 0 Å². The van der Waals surface area contributed by atoms with Crippen molar-refractivity contribution in [3.8, 4) is 0 Å². The highest BCUT2D eigenvalue weighted by atomic mass is 35.5. The molecular weight excluding hydrogens is 240 g/mol. The number of halogens is 1. The minimum atomic E-state index is -0.181. The topological polar surface area (TPSA) is 17.1 Å². The van der Waals surface area contributed by atoms with Gasteiger partial charge in [0, 0.05) is 11.4 Å². The molecule has 1 aromatic carbocycles. The molecule has 1 heterocycles. The third kappa shape index (κ3) is 2.44. The first-order valence-corrected chi connectivity index (χ1v) is 6.89. The van der Waals surface area contributed by atoms with Gasteiger partial charge in [0.05, 0.1) is 4.75 Å². The standard InChI is InChI=1S/C13H15ClOS/c1-13(7-4-8-16-13)12(15)9-10-5-2-3-6-11(10)14/h2-3,5-6H,4,7-9H2,1H3. The smallest absolute Gasteiger partial charge is 0.153 e. The molecule has 1 aliphatic heterocycles. The summed E-state index contributed by atoms with van der Waals surface area (Å²) in [6, 6.07) is 7.60. The molecule has 3 heteroatoms. The molecule has 1 unspecified atom stereocenters. The molecule has 1 aromatic rings. The summed E-state index contributed by atoms with van der Waals surface area (Å²) in [5.41, 5.74) is 0.947. The molecule has 1 saturated heterocycles. The van der Waals surface area contributed by atoms with Gasteiger partial charge in [-0.3, -0.25) is 4.79 Å². The number of benzene rings is 1. The molecule has 0 saturated carbocycles. The molecule has 0 aliphatic carbocycles. The number of carbonyl (C=O) groups excluding carboxylic acids is 1. The Kier molecular flexibility index (Phi) is 3.60. The zero-order valence-corrected chi connectivity index (χ0v) is 10.9. The summed E-state index contributed by atoms with van der Waals surface area (Å²) < 4.78 is -0.181. The van der Waals surface area contributed by atoms with E-state index in [1.54, 1.807) is 11.8 Å². The zero-order chi connectivity index (χ0) is 11.6. The Bertz CT molecular complexity index is 397. The first kappa shape index (κ1) is 12.0. The van der Waals surface area contributed by atoms with Crippen LogP contribution < -0.4 is 0 Å². The van der Waals surface area contributed by atoms with Crippen molar-refractivity contribution in [1.29, 1.82) is 0 Å². The number of Topliss-reactive ketones (excluding diaryl/α,β-unsaturated/α-hetero) is 1. The van der Waals surface area contributed by atoms with E-state index in [1.165, 1.54) is 0 Å². The van der Waals surface area contributed by atoms with Gasteiger partial charge in [0.15, 0.2) is 5.78 Å². The minimum absolute atomic E-state index is 0.181. The van der Waals surface area contributed by atoms with Crippen molar-refractivity contribution in [1.82, 2.24) is 0 Å². The van der Waals surface area contributed by atoms with Crippen molar-refractivity contribution in [2.75, 3.05) is 5.75 Å². The van der Waals surface area contributed by atoms with Crippen LogP contribution in [0.3, 0.4) is 0 Å². The maximum absolute atomic E-state index is 12.2. The van der Waals surface area contributed by atoms with Gasteiger partial charge >= 0.3 is 0 Å². The van der Waals surface area contributed by atoms with E-state index in [-0.39, 0.29) is 4.75 Å². The molecule has 0 N–H and O–H groups in total. The van der Waals surface area contributed by atoms with Crippen molar-refractivity contribution in [2.45, 2.75) is 30.9 Å². The van der Waals surface area contributed by atoms with Crippen LogP contribution in [0.5, 0.6) is 0 Å². The molecule has 1 fully saturated rings. The summed E-state index contributed by atoms with van der Waals surface area (Å²) in [4.78, 5) is 12.2. The van der Waals surface area contributed by atoms with Crippen LogP contribution in [-0.2, 0) is 11.2 Å². The fraction of sp³-hybridized carbons (Fsp3) is 0.462. The van der Waals surface area contributed by atoms with E-state index in [1.807, 2.05) is 24.3 Å². The van der Waals surface area contributed by atoms with Crippen LogP contribution in [-0.4, -0.2) is 16.3 Å². The third-order valence-corrected chi connectivity index (χ3v) is 5.05.